The molecule has 1 saturated heterocycles. The van der Waals surface area contributed by atoms with Gasteiger partial charge in [0.15, 0.2) is 0 Å². The van der Waals surface area contributed by atoms with E-state index in [1.165, 1.54) is 5.56 Å². The third-order valence-electron chi connectivity index (χ3n) is 6.03. The van der Waals surface area contributed by atoms with Gasteiger partial charge in [0, 0.05) is 18.7 Å². The molecule has 0 unspecified atom stereocenters. The highest BCUT2D eigenvalue weighted by Gasteiger charge is 2.36. The minimum absolute atomic E-state index is 0.0847. The summed E-state index contributed by atoms with van der Waals surface area (Å²) in [4.78, 5) is 27.2. The van der Waals surface area contributed by atoms with Crippen molar-refractivity contribution < 1.29 is 19.1 Å². The Morgan fingerprint density at radius 3 is 2.23 bits per heavy atom. The van der Waals surface area contributed by atoms with Crippen molar-refractivity contribution in [2.24, 2.45) is 5.92 Å². The number of hydrogen-bond donors (Lipinski definition) is 1. The lowest BCUT2D eigenvalue weighted by molar-refractivity contribution is -0.122. The number of anilines is 2. The highest BCUT2D eigenvalue weighted by atomic mass is 16.5. The van der Waals surface area contributed by atoms with Gasteiger partial charge in [0.25, 0.3) is 0 Å². The molecule has 2 amide bonds. The molecule has 1 heterocycles. The van der Waals surface area contributed by atoms with E-state index in [0.29, 0.717) is 36.0 Å². The first-order valence-electron chi connectivity index (χ1n) is 12.0. The molecule has 1 fully saturated rings. The monoisotopic (exact) mass is 472 g/mol. The molecule has 0 aliphatic carbocycles. The average Bonchev–Trinajstić information content (AvgIpc) is 3.22. The van der Waals surface area contributed by atoms with Gasteiger partial charge in [-0.1, -0.05) is 45.0 Å². The van der Waals surface area contributed by atoms with Crippen molar-refractivity contribution in [3.8, 4) is 17.2 Å². The first-order valence-corrected chi connectivity index (χ1v) is 12.0. The Balaban J connectivity index is 1.36. The third kappa shape index (κ3) is 5.83. The zero-order valence-electron chi connectivity index (χ0n) is 20.7. The van der Waals surface area contributed by atoms with Crippen LogP contribution < -0.4 is 19.7 Å². The van der Waals surface area contributed by atoms with Crippen LogP contribution >= 0.6 is 0 Å². The van der Waals surface area contributed by atoms with Crippen molar-refractivity contribution in [3.63, 3.8) is 0 Å². The Hall–Kier alpha value is -3.80. The summed E-state index contributed by atoms with van der Waals surface area (Å²) < 4.78 is 11.6. The van der Waals surface area contributed by atoms with Crippen molar-refractivity contribution in [3.05, 3.63) is 78.4 Å². The van der Waals surface area contributed by atoms with Crippen molar-refractivity contribution in [1.29, 1.82) is 0 Å². The van der Waals surface area contributed by atoms with E-state index in [1.807, 2.05) is 55.5 Å². The number of carbonyl (C=O) groups is 2. The number of nitrogens with zero attached hydrogens (tertiary/aromatic N) is 1. The topological polar surface area (TPSA) is 67.9 Å². The Morgan fingerprint density at radius 1 is 0.971 bits per heavy atom. The van der Waals surface area contributed by atoms with E-state index >= 15 is 0 Å². The van der Waals surface area contributed by atoms with E-state index in [1.54, 1.807) is 17.0 Å². The van der Waals surface area contributed by atoms with E-state index in [4.69, 9.17) is 9.47 Å². The van der Waals surface area contributed by atoms with Crippen LogP contribution in [0.1, 0.15) is 39.7 Å². The zero-order chi connectivity index (χ0) is 25.0. The summed E-state index contributed by atoms with van der Waals surface area (Å²) in [7, 11) is 0. The maximum absolute atomic E-state index is 12.9. The fourth-order valence-corrected chi connectivity index (χ4v) is 4.08. The van der Waals surface area contributed by atoms with Gasteiger partial charge in [-0.25, -0.2) is 0 Å². The molecule has 0 aromatic heterocycles. The third-order valence-corrected chi connectivity index (χ3v) is 6.03. The molecular weight excluding hydrogens is 440 g/mol. The van der Waals surface area contributed by atoms with E-state index in [-0.39, 0.29) is 23.7 Å². The molecule has 3 aromatic rings. The van der Waals surface area contributed by atoms with Crippen molar-refractivity contribution >= 4 is 23.2 Å². The maximum atomic E-state index is 12.9. The van der Waals surface area contributed by atoms with Crippen LogP contribution in [0.15, 0.2) is 72.8 Å². The molecule has 1 atom stereocenters. The predicted molar refractivity (Wildman–Crippen MR) is 138 cm³/mol. The van der Waals surface area contributed by atoms with Crippen LogP contribution in [0.4, 0.5) is 11.4 Å². The molecular formula is C29H32N2O4. The van der Waals surface area contributed by atoms with Crippen molar-refractivity contribution in [2.45, 2.75) is 39.5 Å². The number of rotatable bonds is 7. The second kappa shape index (κ2) is 10.2. The van der Waals surface area contributed by atoms with E-state index in [2.05, 4.69) is 38.2 Å². The summed E-state index contributed by atoms with van der Waals surface area (Å²) in [5, 5.41) is 2.93. The van der Waals surface area contributed by atoms with Crippen LogP contribution in [0.25, 0.3) is 0 Å². The van der Waals surface area contributed by atoms with Crippen LogP contribution in [0, 0.1) is 5.92 Å². The number of carbonyl (C=O) groups excluding carboxylic acids is 2. The fourth-order valence-electron chi connectivity index (χ4n) is 4.08. The first kappa shape index (κ1) is 24.3. The number of ether oxygens (including phenoxy) is 2. The summed E-state index contributed by atoms with van der Waals surface area (Å²) >= 11 is 0. The van der Waals surface area contributed by atoms with Crippen LogP contribution in [-0.4, -0.2) is 25.0 Å². The van der Waals surface area contributed by atoms with Gasteiger partial charge in [0.05, 0.1) is 18.2 Å². The molecule has 0 saturated carbocycles. The van der Waals surface area contributed by atoms with Gasteiger partial charge >= 0.3 is 0 Å². The lowest BCUT2D eigenvalue weighted by atomic mass is 9.87. The summed E-state index contributed by atoms with van der Waals surface area (Å²) in [5.41, 5.74) is 2.69. The van der Waals surface area contributed by atoms with Gasteiger partial charge in [0.1, 0.15) is 17.2 Å². The molecule has 0 spiro atoms. The van der Waals surface area contributed by atoms with Crippen LogP contribution in [-0.2, 0) is 15.0 Å². The summed E-state index contributed by atoms with van der Waals surface area (Å²) in [6, 6.07) is 22.7. The zero-order valence-corrected chi connectivity index (χ0v) is 20.7. The summed E-state index contributed by atoms with van der Waals surface area (Å²) in [6.45, 7) is 9.25. The predicted octanol–water partition coefficient (Wildman–Crippen LogP) is 6.17. The number of amides is 2. The minimum Gasteiger partial charge on any atom is -0.492 e. The van der Waals surface area contributed by atoms with Crippen molar-refractivity contribution in [2.75, 3.05) is 23.4 Å². The van der Waals surface area contributed by atoms with Gasteiger partial charge < -0.3 is 19.7 Å². The smallest absolute Gasteiger partial charge is 0.229 e. The van der Waals surface area contributed by atoms with Crippen LogP contribution in [0.5, 0.6) is 17.2 Å². The summed E-state index contributed by atoms with van der Waals surface area (Å²) in [6.07, 6.45) is 0.165. The minimum atomic E-state index is -0.436. The molecule has 1 aliphatic heterocycles. The standard InChI is InChI=1S/C29H32N2O4/c1-5-34-26-9-7-6-8-25(26)31-19-20(18-27(31)32)28(33)30-22-12-16-24(17-13-22)35-23-14-10-21(11-15-23)29(2,3)4/h6-17,20H,5,18-19H2,1-4H3,(H,30,33)/t20-/m0/s1. The quantitative estimate of drug-likeness (QED) is 0.447. The van der Waals surface area contributed by atoms with Gasteiger partial charge in [-0.15, -0.1) is 0 Å². The lowest BCUT2D eigenvalue weighted by Crippen LogP contribution is -2.28. The Kier molecular flexibility index (Phi) is 7.10. The highest BCUT2D eigenvalue weighted by molar-refractivity contribution is 6.04. The number of para-hydroxylation sites is 2. The number of hydrogen-bond acceptors (Lipinski definition) is 4. The number of benzene rings is 3. The molecule has 0 bridgehead atoms. The summed E-state index contributed by atoms with van der Waals surface area (Å²) in [5.74, 6) is 1.38. The second-order valence-corrected chi connectivity index (χ2v) is 9.70. The van der Waals surface area contributed by atoms with Gasteiger partial charge in [0.2, 0.25) is 11.8 Å². The lowest BCUT2D eigenvalue weighted by Gasteiger charge is -2.20. The molecule has 6 nitrogen and oxygen atoms in total. The van der Waals surface area contributed by atoms with Crippen molar-refractivity contribution in [1.82, 2.24) is 0 Å². The van der Waals surface area contributed by atoms with Gasteiger partial charge in [-0.3, -0.25) is 9.59 Å². The average molecular weight is 473 g/mol. The van der Waals surface area contributed by atoms with Crippen LogP contribution in [0.2, 0.25) is 0 Å². The molecule has 6 heteroatoms. The van der Waals surface area contributed by atoms with Crippen LogP contribution in [0.3, 0.4) is 0 Å². The van der Waals surface area contributed by atoms with E-state index in [9.17, 15) is 9.59 Å². The Bertz CT molecular complexity index is 1180. The fraction of sp³-hybridized carbons (Fsp3) is 0.310. The molecule has 3 aromatic carbocycles. The first-order chi connectivity index (χ1) is 16.7. The molecule has 35 heavy (non-hydrogen) atoms. The largest absolute Gasteiger partial charge is 0.492 e. The molecule has 182 valence electrons. The van der Waals surface area contributed by atoms with Gasteiger partial charge in [-0.05, 0) is 66.4 Å². The molecule has 1 aliphatic rings. The highest BCUT2D eigenvalue weighted by Crippen LogP contribution is 2.33. The normalized spacial score (nSPS) is 15.7. The Labute approximate surface area is 206 Å². The van der Waals surface area contributed by atoms with Gasteiger partial charge in [-0.2, -0.15) is 0 Å². The molecule has 0 radical (unpaired) electrons. The SMILES string of the molecule is CCOc1ccccc1N1C[C@@H](C(=O)Nc2ccc(Oc3ccc(C(C)(C)C)cc3)cc2)CC1=O. The molecule has 1 N–H and O–H groups in total. The van der Waals surface area contributed by atoms with E-state index in [0.717, 1.165) is 5.75 Å². The van der Waals surface area contributed by atoms with E-state index < -0.39 is 5.92 Å². The second-order valence-electron chi connectivity index (χ2n) is 9.70. The Morgan fingerprint density at radius 2 is 1.60 bits per heavy atom. The maximum Gasteiger partial charge on any atom is 0.229 e. The number of nitrogens with one attached hydrogen (secondary N) is 1. The molecule has 4 rings (SSSR count).